The number of amides is 1. The van der Waals surface area contributed by atoms with E-state index in [1.54, 1.807) is 38.4 Å². The van der Waals surface area contributed by atoms with Crippen LogP contribution in [0.1, 0.15) is 35.5 Å². The highest BCUT2D eigenvalue weighted by Gasteiger charge is 2.26. The molecule has 1 aromatic carbocycles. The SMILES string of the molecule is CC(O)CC(COCc1ccccc1)OC(CO)C(C)OC(=O)c1cccs1.CNC(=O)CN(C)C. The molecule has 0 saturated carbocycles. The van der Waals surface area contributed by atoms with Crippen LogP contribution in [0.15, 0.2) is 47.8 Å². The van der Waals surface area contributed by atoms with E-state index in [-0.39, 0.29) is 19.1 Å². The van der Waals surface area contributed by atoms with Gasteiger partial charge in [0.15, 0.2) is 0 Å². The summed E-state index contributed by atoms with van der Waals surface area (Å²) in [5.41, 5.74) is 1.04. The Morgan fingerprint density at radius 1 is 1.11 bits per heavy atom. The second-order valence-corrected chi connectivity index (χ2v) is 9.51. The molecule has 4 atom stereocenters. The third-order valence-corrected chi connectivity index (χ3v) is 5.69. The summed E-state index contributed by atoms with van der Waals surface area (Å²) in [4.78, 5) is 24.9. The van der Waals surface area contributed by atoms with E-state index in [1.165, 1.54) is 11.3 Å². The topological polar surface area (TPSA) is 118 Å². The number of aliphatic hydroxyl groups excluding tert-OH is 2. The Balaban J connectivity index is 0.000000697. The van der Waals surface area contributed by atoms with Crippen molar-refractivity contribution in [2.24, 2.45) is 0 Å². The van der Waals surface area contributed by atoms with Crippen LogP contribution in [0.4, 0.5) is 0 Å². The second-order valence-electron chi connectivity index (χ2n) is 8.56. The van der Waals surface area contributed by atoms with E-state index < -0.39 is 30.4 Å². The van der Waals surface area contributed by atoms with Gasteiger partial charge in [0, 0.05) is 13.5 Å². The van der Waals surface area contributed by atoms with Gasteiger partial charge in [0.2, 0.25) is 5.91 Å². The van der Waals surface area contributed by atoms with Gasteiger partial charge in [-0.05, 0) is 45.0 Å². The molecule has 0 radical (unpaired) electrons. The summed E-state index contributed by atoms with van der Waals surface area (Å²) in [7, 11) is 5.34. The molecule has 1 amide bonds. The number of nitrogens with one attached hydrogen (secondary N) is 1. The normalized spacial score (nSPS) is 14.2. The van der Waals surface area contributed by atoms with Crippen molar-refractivity contribution in [2.45, 2.75) is 51.3 Å². The summed E-state index contributed by atoms with van der Waals surface area (Å²) in [6, 6.07) is 13.2. The summed E-state index contributed by atoms with van der Waals surface area (Å²) in [6.45, 7) is 4.18. The molecule has 2 aromatic rings. The van der Waals surface area contributed by atoms with Gasteiger partial charge in [-0.1, -0.05) is 36.4 Å². The lowest BCUT2D eigenvalue weighted by Gasteiger charge is -2.28. The lowest BCUT2D eigenvalue weighted by atomic mass is 10.1. The van der Waals surface area contributed by atoms with Crippen molar-refractivity contribution in [2.75, 3.05) is 40.9 Å². The lowest BCUT2D eigenvalue weighted by molar-refractivity contribution is -0.126. The highest BCUT2D eigenvalue weighted by Crippen LogP contribution is 2.16. The Kier molecular flexibility index (Phi) is 15.8. The van der Waals surface area contributed by atoms with Gasteiger partial charge in [0.05, 0.1) is 38.6 Å². The molecule has 10 heteroatoms. The van der Waals surface area contributed by atoms with Crippen LogP contribution in [-0.2, 0) is 25.6 Å². The van der Waals surface area contributed by atoms with Gasteiger partial charge >= 0.3 is 5.97 Å². The van der Waals surface area contributed by atoms with Crippen molar-refractivity contribution in [3.05, 3.63) is 58.3 Å². The third-order valence-electron chi connectivity index (χ3n) is 4.84. The molecule has 9 nitrogen and oxygen atoms in total. The zero-order chi connectivity index (χ0) is 26.9. The summed E-state index contributed by atoms with van der Waals surface area (Å²) < 4.78 is 17.1. The fraction of sp³-hybridized carbons (Fsp3) is 0.538. The number of carbonyl (C=O) groups is 2. The number of thiophene rings is 1. The van der Waals surface area contributed by atoms with Crippen molar-refractivity contribution in [3.8, 4) is 0 Å². The van der Waals surface area contributed by atoms with E-state index in [0.717, 1.165) is 5.56 Å². The maximum Gasteiger partial charge on any atom is 0.348 e. The third kappa shape index (κ3) is 13.7. The van der Waals surface area contributed by atoms with E-state index in [4.69, 9.17) is 14.2 Å². The van der Waals surface area contributed by atoms with E-state index in [2.05, 4.69) is 5.32 Å². The fourth-order valence-electron chi connectivity index (χ4n) is 3.04. The molecule has 1 heterocycles. The van der Waals surface area contributed by atoms with E-state index in [9.17, 15) is 19.8 Å². The zero-order valence-corrected chi connectivity index (χ0v) is 22.6. The van der Waals surface area contributed by atoms with Crippen LogP contribution in [-0.4, -0.2) is 92.3 Å². The first-order chi connectivity index (χ1) is 17.2. The van der Waals surface area contributed by atoms with Crippen LogP contribution >= 0.6 is 11.3 Å². The fourth-order valence-corrected chi connectivity index (χ4v) is 3.64. The molecule has 36 heavy (non-hydrogen) atoms. The van der Waals surface area contributed by atoms with Crippen LogP contribution in [0, 0.1) is 0 Å². The minimum absolute atomic E-state index is 0.0509. The molecule has 202 valence electrons. The van der Waals surface area contributed by atoms with E-state index in [0.29, 0.717) is 24.4 Å². The van der Waals surface area contributed by atoms with Gasteiger partial charge in [-0.25, -0.2) is 4.79 Å². The van der Waals surface area contributed by atoms with Gasteiger partial charge < -0.3 is 34.6 Å². The first-order valence-electron chi connectivity index (χ1n) is 11.8. The minimum Gasteiger partial charge on any atom is -0.456 e. The number of benzene rings is 1. The predicted molar refractivity (Wildman–Crippen MR) is 140 cm³/mol. The minimum atomic E-state index is -0.715. The van der Waals surface area contributed by atoms with Gasteiger partial charge in [-0.2, -0.15) is 0 Å². The molecule has 0 saturated heterocycles. The molecule has 0 spiro atoms. The second kappa shape index (κ2) is 18.0. The maximum absolute atomic E-state index is 12.1. The van der Waals surface area contributed by atoms with Crippen molar-refractivity contribution in [3.63, 3.8) is 0 Å². The van der Waals surface area contributed by atoms with Crippen LogP contribution in [0.5, 0.6) is 0 Å². The highest BCUT2D eigenvalue weighted by molar-refractivity contribution is 7.11. The summed E-state index contributed by atoms with van der Waals surface area (Å²) >= 11 is 1.29. The Bertz CT molecular complexity index is 847. The number of nitrogens with zero attached hydrogens (tertiary/aromatic N) is 1. The molecular formula is C26H40N2O7S. The van der Waals surface area contributed by atoms with E-state index in [1.807, 2.05) is 49.3 Å². The molecule has 1 aromatic heterocycles. The number of esters is 1. The molecule has 0 aliphatic heterocycles. The van der Waals surface area contributed by atoms with Crippen molar-refractivity contribution >= 4 is 23.2 Å². The number of aliphatic hydroxyl groups is 2. The number of hydrogen-bond acceptors (Lipinski definition) is 9. The molecule has 2 rings (SSSR count). The predicted octanol–water partition coefficient (Wildman–Crippen LogP) is 2.32. The maximum atomic E-state index is 12.1. The molecule has 0 aliphatic carbocycles. The summed E-state index contributed by atoms with van der Waals surface area (Å²) in [6.07, 6.45) is -2.05. The van der Waals surface area contributed by atoms with Crippen LogP contribution < -0.4 is 5.32 Å². The number of likely N-dealkylation sites (N-methyl/N-ethyl adjacent to an activating group) is 2. The van der Waals surface area contributed by atoms with E-state index >= 15 is 0 Å². The van der Waals surface area contributed by atoms with Crippen LogP contribution in [0.3, 0.4) is 0 Å². The lowest BCUT2D eigenvalue weighted by Crippen LogP contribution is -2.39. The van der Waals surface area contributed by atoms with Crippen LogP contribution in [0.2, 0.25) is 0 Å². The molecule has 0 fully saturated rings. The average Bonchev–Trinajstić information content (AvgIpc) is 3.38. The Hall–Kier alpha value is -2.34. The number of rotatable bonds is 14. The van der Waals surface area contributed by atoms with Gasteiger partial charge in [-0.3, -0.25) is 4.79 Å². The summed E-state index contributed by atoms with van der Waals surface area (Å²) in [5, 5.41) is 23.8. The van der Waals surface area contributed by atoms with Gasteiger partial charge in [-0.15, -0.1) is 11.3 Å². The number of hydrogen-bond donors (Lipinski definition) is 3. The summed E-state index contributed by atoms with van der Waals surface area (Å²) in [5.74, 6) is -0.396. The molecule has 4 unspecified atom stereocenters. The number of carbonyl (C=O) groups excluding carboxylic acids is 2. The Labute approximate surface area is 218 Å². The van der Waals surface area contributed by atoms with Gasteiger partial charge in [0.1, 0.15) is 17.1 Å². The van der Waals surface area contributed by atoms with Crippen molar-refractivity contribution in [1.29, 1.82) is 0 Å². The monoisotopic (exact) mass is 524 g/mol. The first-order valence-corrected chi connectivity index (χ1v) is 12.7. The standard InChI is InChI=1S/C21H28O6S.C5H12N2O/c1-15(23)11-18(14-25-13-17-7-4-3-5-8-17)27-19(12-22)16(2)26-21(24)20-9-6-10-28-20;1-6-5(8)4-7(2)3/h3-10,15-16,18-19,22-23H,11-14H2,1-2H3;4H2,1-3H3,(H,6,8). The average molecular weight is 525 g/mol. The van der Waals surface area contributed by atoms with Gasteiger partial charge in [0.25, 0.3) is 0 Å². The molecule has 3 N–H and O–H groups in total. The largest absolute Gasteiger partial charge is 0.456 e. The highest BCUT2D eigenvalue weighted by atomic mass is 32.1. The molecular weight excluding hydrogens is 484 g/mol. The van der Waals surface area contributed by atoms with Crippen LogP contribution in [0.25, 0.3) is 0 Å². The quantitative estimate of drug-likeness (QED) is 0.323. The first kappa shape index (κ1) is 31.7. The molecule has 0 aliphatic rings. The van der Waals surface area contributed by atoms with Crippen molar-refractivity contribution < 1.29 is 34.0 Å². The number of ether oxygens (including phenoxy) is 3. The Morgan fingerprint density at radius 3 is 2.31 bits per heavy atom. The molecule has 0 bridgehead atoms. The smallest absolute Gasteiger partial charge is 0.348 e. The van der Waals surface area contributed by atoms with Crippen molar-refractivity contribution in [1.82, 2.24) is 10.2 Å². The Morgan fingerprint density at radius 2 is 1.81 bits per heavy atom. The zero-order valence-electron chi connectivity index (χ0n) is 21.8.